The van der Waals surface area contributed by atoms with Crippen LogP contribution in [0.2, 0.25) is 0 Å². The van der Waals surface area contributed by atoms with E-state index in [0.29, 0.717) is 13.0 Å². The van der Waals surface area contributed by atoms with Crippen molar-refractivity contribution in [2.45, 2.75) is 45.1 Å². The minimum Gasteiger partial charge on any atom is -0.313 e. The van der Waals surface area contributed by atoms with Crippen molar-refractivity contribution in [2.24, 2.45) is 0 Å². The lowest BCUT2D eigenvalue weighted by molar-refractivity contribution is -0.135. The molecule has 0 aliphatic carbocycles. The fourth-order valence-corrected chi connectivity index (χ4v) is 2.27. The Morgan fingerprint density at radius 1 is 1.11 bits per heavy atom. The lowest BCUT2D eigenvalue weighted by atomic mass is 10.1. The van der Waals surface area contributed by atoms with Crippen molar-refractivity contribution >= 4 is 0 Å². The van der Waals surface area contributed by atoms with Gasteiger partial charge in [0.15, 0.2) is 0 Å². The third kappa shape index (κ3) is 4.84. The summed E-state index contributed by atoms with van der Waals surface area (Å²) < 4.78 is 35.8. The Balaban J connectivity index is 1.63. The molecule has 2 N–H and O–H groups in total. The summed E-state index contributed by atoms with van der Waals surface area (Å²) in [5, 5.41) is 6.48. The highest BCUT2D eigenvalue weighted by molar-refractivity contribution is 5.34. The Morgan fingerprint density at radius 2 is 1.89 bits per heavy atom. The van der Waals surface area contributed by atoms with Crippen molar-refractivity contribution in [2.75, 3.05) is 6.54 Å². The van der Waals surface area contributed by atoms with Crippen LogP contribution in [0, 0.1) is 0 Å². The summed E-state index contributed by atoms with van der Waals surface area (Å²) in [6.45, 7) is 3.19. The van der Waals surface area contributed by atoms with E-state index < -0.39 is 12.6 Å². The number of unbranched alkanes of at least 4 members (excludes halogenated alkanes) is 1. The highest BCUT2D eigenvalue weighted by Crippen LogP contribution is 2.22. The standard InChI is InChI=1S/C14H19F3N2/c15-14(16,17)5-1-2-6-18-8-11-3-4-12-9-19-10-13(12)7-11/h3-4,7,18-19H,1-2,5-6,8-10H2. The fraction of sp³-hybridized carbons (Fsp3) is 0.571. The quantitative estimate of drug-likeness (QED) is 0.778. The van der Waals surface area contributed by atoms with E-state index in [1.165, 1.54) is 16.7 Å². The molecule has 0 saturated heterocycles. The average Bonchev–Trinajstić information content (AvgIpc) is 2.79. The van der Waals surface area contributed by atoms with E-state index in [0.717, 1.165) is 19.6 Å². The van der Waals surface area contributed by atoms with E-state index in [-0.39, 0.29) is 6.42 Å². The molecule has 19 heavy (non-hydrogen) atoms. The second-order valence-electron chi connectivity index (χ2n) is 4.96. The minimum atomic E-state index is -4.02. The fourth-order valence-electron chi connectivity index (χ4n) is 2.27. The SMILES string of the molecule is FC(F)(F)CCCCNCc1ccc2c(c1)CNC2. The van der Waals surface area contributed by atoms with Gasteiger partial charge in [0.05, 0.1) is 0 Å². The smallest absolute Gasteiger partial charge is 0.313 e. The van der Waals surface area contributed by atoms with Gasteiger partial charge in [0, 0.05) is 26.1 Å². The molecule has 1 aliphatic rings. The number of hydrogen-bond acceptors (Lipinski definition) is 2. The average molecular weight is 272 g/mol. The van der Waals surface area contributed by atoms with Crippen molar-refractivity contribution in [3.63, 3.8) is 0 Å². The first-order valence-electron chi connectivity index (χ1n) is 6.63. The molecule has 0 atom stereocenters. The minimum absolute atomic E-state index is 0.199. The highest BCUT2D eigenvalue weighted by Gasteiger charge is 2.25. The number of halogens is 3. The van der Waals surface area contributed by atoms with E-state index >= 15 is 0 Å². The van der Waals surface area contributed by atoms with Gasteiger partial charge in [0.2, 0.25) is 0 Å². The lowest BCUT2D eigenvalue weighted by Gasteiger charge is -2.08. The summed E-state index contributed by atoms with van der Waals surface area (Å²) in [6.07, 6.45) is -3.94. The molecule has 1 aliphatic heterocycles. The van der Waals surface area contributed by atoms with Gasteiger partial charge in [0.1, 0.15) is 0 Å². The van der Waals surface area contributed by atoms with Crippen LogP contribution < -0.4 is 10.6 Å². The molecule has 0 bridgehead atoms. The molecule has 5 heteroatoms. The van der Waals surface area contributed by atoms with Crippen molar-refractivity contribution in [1.29, 1.82) is 0 Å². The van der Waals surface area contributed by atoms with Gasteiger partial charge in [-0.15, -0.1) is 0 Å². The van der Waals surface area contributed by atoms with Crippen LogP contribution in [0.3, 0.4) is 0 Å². The zero-order valence-electron chi connectivity index (χ0n) is 10.8. The number of fused-ring (bicyclic) bond motifs is 1. The van der Waals surface area contributed by atoms with Crippen LogP contribution in [0.25, 0.3) is 0 Å². The number of hydrogen-bond donors (Lipinski definition) is 2. The highest BCUT2D eigenvalue weighted by atomic mass is 19.4. The Morgan fingerprint density at radius 3 is 2.68 bits per heavy atom. The van der Waals surface area contributed by atoms with Crippen molar-refractivity contribution < 1.29 is 13.2 Å². The van der Waals surface area contributed by atoms with E-state index in [4.69, 9.17) is 0 Å². The lowest BCUT2D eigenvalue weighted by Crippen LogP contribution is -2.16. The van der Waals surface area contributed by atoms with E-state index in [1.54, 1.807) is 0 Å². The number of rotatable bonds is 6. The maximum atomic E-state index is 11.9. The first-order chi connectivity index (χ1) is 9.04. The van der Waals surface area contributed by atoms with Gasteiger partial charge in [-0.2, -0.15) is 13.2 Å². The molecule has 0 spiro atoms. The monoisotopic (exact) mass is 272 g/mol. The first kappa shape index (κ1) is 14.3. The van der Waals surface area contributed by atoms with E-state index in [9.17, 15) is 13.2 Å². The van der Waals surface area contributed by atoms with Gasteiger partial charge in [-0.25, -0.2) is 0 Å². The molecule has 2 nitrogen and oxygen atoms in total. The summed E-state index contributed by atoms with van der Waals surface area (Å²) in [5.74, 6) is 0. The molecule has 0 radical (unpaired) electrons. The molecule has 1 heterocycles. The second kappa shape index (κ2) is 6.39. The van der Waals surface area contributed by atoms with Gasteiger partial charge < -0.3 is 10.6 Å². The molecule has 0 amide bonds. The Labute approximate surface area is 111 Å². The maximum absolute atomic E-state index is 11.9. The van der Waals surface area contributed by atoms with Crippen molar-refractivity contribution in [3.8, 4) is 0 Å². The third-order valence-corrected chi connectivity index (χ3v) is 3.29. The normalized spacial score (nSPS) is 14.7. The van der Waals surface area contributed by atoms with Crippen LogP contribution in [0.4, 0.5) is 13.2 Å². The van der Waals surface area contributed by atoms with Gasteiger partial charge in [0.25, 0.3) is 0 Å². The van der Waals surface area contributed by atoms with Crippen LogP contribution in [0.15, 0.2) is 18.2 Å². The zero-order chi connectivity index (χ0) is 13.7. The summed E-state index contributed by atoms with van der Waals surface area (Å²) in [4.78, 5) is 0. The Kier molecular flexibility index (Phi) is 4.82. The number of benzene rings is 1. The summed E-state index contributed by atoms with van der Waals surface area (Å²) in [6, 6.07) is 6.36. The van der Waals surface area contributed by atoms with Crippen molar-refractivity contribution in [1.82, 2.24) is 10.6 Å². The largest absolute Gasteiger partial charge is 0.389 e. The molecular weight excluding hydrogens is 253 g/mol. The number of alkyl halides is 3. The van der Waals surface area contributed by atoms with Crippen LogP contribution in [0.1, 0.15) is 36.0 Å². The van der Waals surface area contributed by atoms with E-state index in [1.807, 2.05) is 0 Å². The molecule has 0 fully saturated rings. The first-order valence-corrected chi connectivity index (χ1v) is 6.63. The second-order valence-corrected chi connectivity index (χ2v) is 4.96. The third-order valence-electron chi connectivity index (χ3n) is 3.29. The molecular formula is C14H19F3N2. The maximum Gasteiger partial charge on any atom is 0.389 e. The van der Waals surface area contributed by atoms with Crippen molar-refractivity contribution in [3.05, 3.63) is 34.9 Å². The Hall–Kier alpha value is -1.07. The summed E-state index contributed by atoms with van der Waals surface area (Å²) in [7, 11) is 0. The van der Waals surface area contributed by atoms with Gasteiger partial charge in [-0.05, 0) is 36.1 Å². The number of nitrogens with one attached hydrogen (secondary N) is 2. The molecule has 2 rings (SSSR count). The van der Waals surface area contributed by atoms with Crippen LogP contribution in [-0.2, 0) is 19.6 Å². The predicted octanol–water partition coefficient (Wildman–Crippen LogP) is 3.11. The molecule has 0 saturated carbocycles. The molecule has 106 valence electrons. The molecule has 1 aromatic rings. The van der Waals surface area contributed by atoms with E-state index in [2.05, 4.69) is 28.8 Å². The molecule has 0 unspecified atom stereocenters. The zero-order valence-corrected chi connectivity index (χ0v) is 10.8. The Bertz CT molecular complexity index is 416. The summed E-state index contributed by atoms with van der Waals surface area (Å²) >= 11 is 0. The molecule has 0 aromatic heterocycles. The van der Waals surface area contributed by atoms with Crippen LogP contribution in [-0.4, -0.2) is 12.7 Å². The van der Waals surface area contributed by atoms with Gasteiger partial charge in [-0.1, -0.05) is 18.2 Å². The van der Waals surface area contributed by atoms with Crippen LogP contribution >= 0.6 is 0 Å². The van der Waals surface area contributed by atoms with Gasteiger partial charge >= 0.3 is 6.18 Å². The topological polar surface area (TPSA) is 24.1 Å². The predicted molar refractivity (Wildman–Crippen MR) is 68.6 cm³/mol. The summed E-state index contributed by atoms with van der Waals surface area (Å²) in [5.41, 5.74) is 3.86. The van der Waals surface area contributed by atoms with Gasteiger partial charge in [-0.3, -0.25) is 0 Å². The molecule has 1 aromatic carbocycles. The van der Waals surface area contributed by atoms with Crippen LogP contribution in [0.5, 0.6) is 0 Å².